The van der Waals surface area contributed by atoms with Crippen LogP contribution in [0, 0.1) is 0 Å². The number of halogens is 1. The number of thiazole rings is 1. The molecule has 0 radical (unpaired) electrons. The zero-order valence-corrected chi connectivity index (χ0v) is 10.7. The summed E-state index contributed by atoms with van der Waals surface area (Å²) in [4.78, 5) is 4.15. The maximum Gasteiger partial charge on any atom is 0.185 e. The lowest BCUT2D eigenvalue weighted by molar-refractivity contribution is 0.997. The SMILES string of the molecule is Clc1nc(NCC2CSCCS2)cs1. The average molecular weight is 267 g/mol. The summed E-state index contributed by atoms with van der Waals surface area (Å²) in [7, 11) is 0. The van der Waals surface area contributed by atoms with Crippen LogP contribution in [0.5, 0.6) is 0 Å². The molecule has 78 valence electrons. The highest BCUT2D eigenvalue weighted by atomic mass is 35.5. The minimum atomic E-state index is 0.609. The zero-order valence-electron chi connectivity index (χ0n) is 7.53. The Bertz CT molecular complexity index is 286. The molecule has 0 aliphatic carbocycles. The molecule has 1 aromatic heterocycles. The highest BCUT2D eigenvalue weighted by Gasteiger charge is 2.14. The van der Waals surface area contributed by atoms with E-state index in [2.05, 4.69) is 10.3 Å². The molecule has 1 aromatic rings. The van der Waals surface area contributed by atoms with Gasteiger partial charge in [-0.1, -0.05) is 11.6 Å². The van der Waals surface area contributed by atoms with Crippen LogP contribution in [0.4, 0.5) is 5.82 Å². The van der Waals surface area contributed by atoms with Crippen molar-refractivity contribution in [1.82, 2.24) is 4.98 Å². The first-order valence-corrected chi connectivity index (χ1v) is 7.85. The van der Waals surface area contributed by atoms with Crippen molar-refractivity contribution in [2.45, 2.75) is 5.25 Å². The lowest BCUT2D eigenvalue weighted by atomic mass is 10.4. The molecule has 0 saturated carbocycles. The minimum absolute atomic E-state index is 0.609. The number of hydrogen-bond donors (Lipinski definition) is 1. The van der Waals surface area contributed by atoms with Crippen molar-refractivity contribution in [2.75, 3.05) is 29.1 Å². The number of rotatable bonds is 3. The Morgan fingerprint density at radius 1 is 1.57 bits per heavy atom. The lowest BCUT2D eigenvalue weighted by Crippen LogP contribution is -2.23. The number of anilines is 1. The van der Waals surface area contributed by atoms with Crippen LogP contribution in [0.25, 0.3) is 0 Å². The van der Waals surface area contributed by atoms with Gasteiger partial charge in [0.2, 0.25) is 0 Å². The molecule has 0 bridgehead atoms. The summed E-state index contributed by atoms with van der Waals surface area (Å²) in [5, 5.41) is 5.99. The van der Waals surface area contributed by atoms with Gasteiger partial charge in [0.1, 0.15) is 5.82 Å². The van der Waals surface area contributed by atoms with Gasteiger partial charge in [-0.25, -0.2) is 4.98 Å². The highest BCUT2D eigenvalue weighted by Crippen LogP contribution is 2.25. The first kappa shape index (κ1) is 10.9. The van der Waals surface area contributed by atoms with Crippen LogP contribution in [0.15, 0.2) is 5.38 Å². The molecular formula is C8H11ClN2S3. The van der Waals surface area contributed by atoms with Gasteiger partial charge in [-0.2, -0.15) is 23.5 Å². The van der Waals surface area contributed by atoms with E-state index >= 15 is 0 Å². The van der Waals surface area contributed by atoms with Crippen LogP contribution in [0.3, 0.4) is 0 Å². The van der Waals surface area contributed by atoms with Crippen LogP contribution in [0.1, 0.15) is 0 Å². The summed E-state index contributed by atoms with van der Waals surface area (Å²) in [5.74, 6) is 4.73. The van der Waals surface area contributed by atoms with Crippen LogP contribution >= 0.6 is 46.5 Å². The van der Waals surface area contributed by atoms with E-state index in [1.54, 1.807) is 0 Å². The first-order valence-electron chi connectivity index (χ1n) is 4.39. The van der Waals surface area contributed by atoms with Gasteiger partial charge in [0, 0.05) is 34.4 Å². The molecule has 0 spiro atoms. The average Bonchev–Trinajstić information content (AvgIpc) is 2.63. The fourth-order valence-electron chi connectivity index (χ4n) is 1.21. The Kier molecular flexibility index (Phi) is 4.28. The van der Waals surface area contributed by atoms with E-state index < -0.39 is 0 Å². The van der Waals surface area contributed by atoms with Gasteiger partial charge in [-0.15, -0.1) is 11.3 Å². The van der Waals surface area contributed by atoms with E-state index in [0.29, 0.717) is 9.72 Å². The maximum absolute atomic E-state index is 5.74. The third kappa shape index (κ3) is 3.22. The predicted molar refractivity (Wildman–Crippen MR) is 69.2 cm³/mol. The standard InChI is InChI=1S/C8H11ClN2S3/c9-8-11-7(5-14-8)10-3-6-4-12-1-2-13-6/h5-6,10H,1-4H2. The van der Waals surface area contributed by atoms with Gasteiger partial charge in [-0.05, 0) is 0 Å². The van der Waals surface area contributed by atoms with Crippen molar-refractivity contribution in [3.8, 4) is 0 Å². The number of thioether (sulfide) groups is 2. The van der Waals surface area contributed by atoms with E-state index in [-0.39, 0.29) is 0 Å². The zero-order chi connectivity index (χ0) is 9.80. The topological polar surface area (TPSA) is 24.9 Å². The fraction of sp³-hybridized carbons (Fsp3) is 0.625. The Hall–Kier alpha value is 0.420. The summed E-state index contributed by atoms with van der Waals surface area (Å²) in [6, 6.07) is 0. The van der Waals surface area contributed by atoms with E-state index in [1.165, 1.54) is 28.6 Å². The molecule has 1 unspecified atom stereocenters. The first-order chi connectivity index (χ1) is 6.84. The second-order valence-corrected chi connectivity index (χ2v) is 6.93. The number of nitrogens with zero attached hydrogens (tertiary/aromatic N) is 1. The fourth-order valence-corrected chi connectivity index (χ4v) is 4.54. The largest absolute Gasteiger partial charge is 0.368 e. The third-order valence-electron chi connectivity index (χ3n) is 1.87. The van der Waals surface area contributed by atoms with Gasteiger partial charge in [-0.3, -0.25) is 0 Å². The lowest BCUT2D eigenvalue weighted by Gasteiger charge is -2.20. The van der Waals surface area contributed by atoms with E-state index in [4.69, 9.17) is 11.6 Å². The number of nitrogens with one attached hydrogen (secondary N) is 1. The summed E-state index contributed by atoms with van der Waals surface area (Å²) < 4.78 is 0.609. The third-order valence-corrected chi connectivity index (χ3v) is 5.70. The van der Waals surface area contributed by atoms with Crippen molar-refractivity contribution in [3.05, 3.63) is 9.85 Å². The molecule has 2 nitrogen and oxygen atoms in total. The molecule has 0 amide bonds. The van der Waals surface area contributed by atoms with Crippen LogP contribution in [-0.4, -0.2) is 34.0 Å². The molecule has 1 N–H and O–H groups in total. The van der Waals surface area contributed by atoms with Gasteiger partial charge in [0.05, 0.1) is 0 Å². The second-order valence-electron chi connectivity index (χ2n) is 2.93. The monoisotopic (exact) mass is 266 g/mol. The Morgan fingerprint density at radius 3 is 3.14 bits per heavy atom. The quantitative estimate of drug-likeness (QED) is 0.909. The maximum atomic E-state index is 5.74. The Balaban J connectivity index is 1.76. The van der Waals surface area contributed by atoms with Gasteiger partial charge < -0.3 is 5.32 Å². The van der Waals surface area contributed by atoms with Crippen molar-refractivity contribution >= 4 is 52.3 Å². The molecule has 1 atom stereocenters. The second kappa shape index (κ2) is 5.49. The molecular weight excluding hydrogens is 256 g/mol. The molecule has 6 heteroatoms. The Morgan fingerprint density at radius 2 is 2.50 bits per heavy atom. The van der Waals surface area contributed by atoms with Crippen molar-refractivity contribution < 1.29 is 0 Å². The van der Waals surface area contributed by atoms with Gasteiger partial charge in [0.15, 0.2) is 4.47 Å². The number of hydrogen-bond acceptors (Lipinski definition) is 5. The summed E-state index contributed by atoms with van der Waals surface area (Å²) in [6.45, 7) is 0.998. The Labute approximate surface area is 101 Å². The highest BCUT2D eigenvalue weighted by molar-refractivity contribution is 8.06. The summed E-state index contributed by atoms with van der Waals surface area (Å²) in [5.41, 5.74) is 0. The molecule has 1 aliphatic heterocycles. The van der Waals surface area contributed by atoms with Crippen molar-refractivity contribution in [3.63, 3.8) is 0 Å². The van der Waals surface area contributed by atoms with Gasteiger partial charge >= 0.3 is 0 Å². The molecule has 1 saturated heterocycles. The van der Waals surface area contributed by atoms with Crippen molar-refractivity contribution in [2.24, 2.45) is 0 Å². The minimum Gasteiger partial charge on any atom is -0.368 e. The summed E-state index contributed by atoms with van der Waals surface area (Å²) in [6.07, 6.45) is 0. The van der Waals surface area contributed by atoms with Crippen LogP contribution in [0.2, 0.25) is 4.47 Å². The van der Waals surface area contributed by atoms with Crippen LogP contribution < -0.4 is 5.32 Å². The molecule has 14 heavy (non-hydrogen) atoms. The smallest absolute Gasteiger partial charge is 0.185 e. The molecule has 1 fully saturated rings. The van der Waals surface area contributed by atoms with E-state index in [1.807, 2.05) is 28.9 Å². The van der Waals surface area contributed by atoms with Gasteiger partial charge in [0.25, 0.3) is 0 Å². The molecule has 2 rings (SSSR count). The van der Waals surface area contributed by atoms with Crippen LogP contribution in [-0.2, 0) is 0 Å². The van der Waals surface area contributed by atoms with Crippen molar-refractivity contribution in [1.29, 1.82) is 0 Å². The predicted octanol–water partition coefficient (Wildman–Crippen LogP) is 3.06. The molecule has 0 aromatic carbocycles. The molecule has 2 heterocycles. The van der Waals surface area contributed by atoms with E-state index in [0.717, 1.165) is 12.4 Å². The normalized spacial score (nSPS) is 22.2. The summed E-state index contributed by atoms with van der Waals surface area (Å²) >= 11 is 11.3. The number of aromatic nitrogens is 1. The molecule has 1 aliphatic rings. The van der Waals surface area contributed by atoms with E-state index in [9.17, 15) is 0 Å².